The topological polar surface area (TPSA) is 55.1 Å². The van der Waals surface area contributed by atoms with Crippen molar-refractivity contribution in [3.05, 3.63) is 72.2 Å². The van der Waals surface area contributed by atoms with E-state index in [2.05, 4.69) is 20.3 Å². The third kappa shape index (κ3) is 3.33. The van der Waals surface area contributed by atoms with Crippen LogP contribution in [-0.4, -0.2) is 19.4 Å². The Morgan fingerprint density at radius 1 is 0.963 bits per heavy atom. The molecule has 0 saturated carbocycles. The first-order chi connectivity index (χ1) is 12.9. The lowest BCUT2D eigenvalue weighted by Crippen LogP contribution is -2.05. The maximum atomic E-state index is 12.7. The number of fused-ring (bicyclic) bond motifs is 1. The molecule has 27 heavy (non-hydrogen) atoms. The molecule has 0 radical (unpaired) electrons. The smallest absolute Gasteiger partial charge is 0.324 e. The Hall–Kier alpha value is -3.42. The molecule has 1 N–H and O–H groups in total. The zero-order valence-electron chi connectivity index (χ0n) is 14.2. The molecule has 5 nitrogen and oxygen atoms in total. The van der Waals surface area contributed by atoms with Crippen molar-refractivity contribution in [3.8, 4) is 11.4 Å². The average Bonchev–Trinajstić information content (AvgIpc) is 2.97. The van der Waals surface area contributed by atoms with Crippen LogP contribution in [0.3, 0.4) is 0 Å². The number of pyridine rings is 1. The van der Waals surface area contributed by atoms with Crippen molar-refractivity contribution in [3.63, 3.8) is 0 Å². The minimum Gasteiger partial charge on any atom is -0.324 e. The van der Waals surface area contributed by atoms with E-state index >= 15 is 0 Å². The summed E-state index contributed by atoms with van der Waals surface area (Å²) in [6.45, 7) is 1.90. The molecule has 0 fully saturated rings. The second kappa shape index (κ2) is 6.39. The van der Waals surface area contributed by atoms with Crippen LogP contribution in [0.2, 0.25) is 0 Å². The molecule has 8 heteroatoms. The van der Waals surface area contributed by atoms with Gasteiger partial charge in [0, 0.05) is 18.1 Å². The Bertz CT molecular complexity index is 1100. The SMILES string of the molecule is Cc1nc2ccccn2c1-c1ccnc(Nc2ccc(C(F)(F)F)cc2)n1. The van der Waals surface area contributed by atoms with Crippen LogP contribution in [0, 0.1) is 6.92 Å². The summed E-state index contributed by atoms with van der Waals surface area (Å²) in [5.74, 6) is 0.289. The second-order valence-electron chi connectivity index (χ2n) is 5.94. The first-order valence-electron chi connectivity index (χ1n) is 8.13. The number of benzene rings is 1. The fraction of sp³-hybridized carbons (Fsp3) is 0.105. The molecular formula is C19H14F3N5. The number of aryl methyl sites for hydroxylation is 1. The summed E-state index contributed by atoms with van der Waals surface area (Å²) in [6.07, 6.45) is -0.873. The van der Waals surface area contributed by atoms with Crippen molar-refractivity contribution in [2.45, 2.75) is 13.1 Å². The van der Waals surface area contributed by atoms with Crippen molar-refractivity contribution >= 4 is 17.3 Å². The molecule has 0 aliphatic carbocycles. The number of rotatable bonds is 3. The first kappa shape index (κ1) is 17.0. The van der Waals surface area contributed by atoms with Gasteiger partial charge in [-0.15, -0.1) is 0 Å². The number of nitrogens with one attached hydrogen (secondary N) is 1. The Labute approximate surface area is 152 Å². The van der Waals surface area contributed by atoms with Gasteiger partial charge in [0.1, 0.15) is 5.65 Å². The second-order valence-corrected chi connectivity index (χ2v) is 5.94. The van der Waals surface area contributed by atoms with E-state index in [0.29, 0.717) is 11.4 Å². The third-order valence-electron chi connectivity index (χ3n) is 4.07. The van der Waals surface area contributed by atoms with E-state index in [1.54, 1.807) is 12.3 Å². The lowest BCUT2D eigenvalue weighted by Gasteiger charge is -2.09. The third-order valence-corrected chi connectivity index (χ3v) is 4.07. The Kier molecular flexibility index (Phi) is 4.02. The fourth-order valence-electron chi connectivity index (χ4n) is 2.84. The Morgan fingerprint density at radius 3 is 2.48 bits per heavy atom. The van der Waals surface area contributed by atoms with Crippen molar-refractivity contribution in [1.29, 1.82) is 0 Å². The maximum absolute atomic E-state index is 12.7. The summed E-state index contributed by atoms with van der Waals surface area (Å²) in [5.41, 5.74) is 2.89. The van der Waals surface area contributed by atoms with Gasteiger partial charge in [-0.3, -0.25) is 4.40 Å². The highest BCUT2D eigenvalue weighted by atomic mass is 19.4. The molecule has 3 heterocycles. The maximum Gasteiger partial charge on any atom is 0.416 e. The van der Waals surface area contributed by atoms with Gasteiger partial charge in [0.05, 0.1) is 22.6 Å². The van der Waals surface area contributed by atoms with Gasteiger partial charge in [0.25, 0.3) is 0 Å². The first-order valence-corrected chi connectivity index (χ1v) is 8.13. The Morgan fingerprint density at radius 2 is 1.74 bits per heavy atom. The summed E-state index contributed by atoms with van der Waals surface area (Å²) < 4.78 is 39.9. The summed E-state index contributed by atoms with van der Waals surface area (Å²) in [7, 11) is 0. The fourth-order valence-corrected chi connectivity index (χ4v) is 2.84. The molecule has 0 aliphatic heterocycles. The van der Waals surface area contributed by atoms with E-state index in [9.17, 15) is 13.2 Å². The number of imidazole rings is 1. The van der Waals surface area contributed by atoms with Crippen LogP contribution in [0.5, 0.6) is 0 Å². The summed E-state index contributed by atoms with van der Waals surface area (Å²) in [4.78, 5) is 13.2. The van der Waals surface area contributed by atoms with Gasteiger partial charge in [-0.1, -0.05) is 6.07 Å². The molecule has 0 unspecified atom stereocenters. The number of hydrogen-bond acceptors (Lipinski definition) is 4. The molecule has 0 amide bonds. The molecule has 0 bridgehead atoms. The largest absolute Gasteiger partial charge is 0.416 e. The quantitative estimate of drug-likeness (QED) is 0.560. The van der Waals surface area contributed by atoms with Crippen molar-refractivity contribution in [1.82, 2.24) is 19.4 Å². The van der Waals surface area contributed by atoms with Crippen LogP contribution in [0.15, 0.2) is 60.9 Å². The van der Waals surface area contributed by atoms with E-state index in [1.807, 2.05) is 35.7 Å². The number of hydrogen-bond donors (Lipinski definition) is 1. The molecular weight excluding hydrogens is 355 g/mol. The molecule has 0 aliphatic rings. The van der Waals surface area contributed by atoms with Crippen LogP contribution in [0.1, 0.15) is 11.3 Å². The van der Waals surface area contributed by atoms with Gasteiger partial charge in [-0.05, 0) is 49.4 Å². The number of aromatic nitrogens is 4. The number of nitrogens with zero attached hydrogens (tertiary/aromatic N) is 4. The molecule has 4 rings (SSSR count). The monoisotopic (exact) mass is 369 g/mol. The number of alkyl halides is 3. The van der Waals surface area contributed by atoms with E-state index in [-0.39, 0.29) is 5.95 Å². The van der Waals surface area contributed by atoms with Gasteiger partial charge in [0.2, 0.25) is 5.95 Å². The highest BCUT2D eigenvalue weighted by Crippen LogP contribution is 2.30. The van der Waals surface area contributed by atoms with Crippen molar-refractivity contribution in [2.24, 2.45) is 0 Å². The van der Waals surface area contributed by atoms with Crippen LogP contribution in [-0.2, 0) is 6.18 Å². The highest BCUT2D eigenvalue weighted by Gasteiger charge is 2.29. The lowest BCUT2D eigenvalue weighted by atomic mass is 10.2. The van der Waals surface area contributed by atoms with Gasteiger partial charge >= 0.3 is 6.18 Å². The Balaban J connectivity index is 1.66. The zero-order valence-corrected chi connectivity index (χ0v) is 14.2. The molecule has 136 valence electrons. The molecule has 0 spiro atoms. The van der Waals surface area contributed by atoms with E-state index < -0.39 is 11.7 Å². The number of halogens is 3. The summed E-state index contributed by atoms with van der Waals surface area (Å²) in [6, 6.07) is 12.2. The van der Waals surface area contributed by atoms with Crippen LogP contribution >= 0.6 is 0 Å². The molecule has 1 aromatic carbocycles. The average molecular weight is 369 g/mol. The minimum absolute atomic E-state index is 0.289. The van der Waals surface area contributed by atoms with Gasteiger partial charge in [-0.25, -0.2) is 15.0 Å². The summed E-state index contributed by atoms with van der Waals surface area (Å²) in [5, 5.41) is 2.93. The number of anilines is 2. The standard InChI is InChI=1S/C19H14F3N5/c1-12-17(27-11-3-2-4-16(27)24-12)15-9-10-23-18(26-15)25-14-7-5-13(6-8-14)19(20,21)22/h2-11H,1H3,(H,23,25,26). The van der Waals surface area contributed by atoms with Crippen LogP contribution < -0.4 is 5.32 Å². The molecule has 0 atom stereocenters. The van der Waals surface area contributed by atoms with Crippen molar-refractivity contribution < 1.29 is 13.2 Å². The predicted octanol–water partition coefficient (Wildman–Crippen LogP) is 4.86. The molecule has 3 aromatic heterocycles. The summed E-state index contributed by atoms with van der Waals surface area (Å²) >= 11 is 0. The van der Waals surface area contributed by atoms with Gasteiger partial charge in [-0.2, -0.15) is 13.2 Å². The minimum atomic E-state index is -4.37. The highest BCUT2D eigenvalue weighted by molar-refractivity contribution is 5.65. The molecule has 4 aromatic rings. The molecule has 0 saturated heterocycles. The van der Waals surface area contributed by atoms with Crippen molar-refractivity contribution in [2.75, 3.05) is 5.32 Å². The van der Waals surface area contributed by atoms with E-state index in [1.165, 1.54) is 12.1 Å². The van der Waals surface area contributed by atoms with Gasteiger partial charge in [0.15, 0.2) is 0 Å². The van der Waals surface area contributed by atoms with Crippen LogP contribution in [0.25, 0.3) is 17.0 Å². The van der Waals surface area contributed by atoms with Crippen LogP contribution in [0.4, 0.5) is 24.8 Å². The van der Waals surface area contributed by atoms with E-state index in [4.69, 9.17) is 0 Å². The van der Waals surface area contributed by atoms with Gasteiger partial charge < -0.3 is 5.32 Å². The normalized spacial score (nSPS) is 11.7. The predicted molar refractivity (Wildman–Crippen MR) is 95.7 cm³/mol. The lowest BCUT2D eigenvalue weighted by molar-refractivity contribution is -0.137. The zero-order chi connectivity index (χ0) is 19.0. The van der Waals surface area contributed by atoms with E-state index in [0.717, 1.165) is 29.2 Å².